The van der Waals surface area contributed by atoms with Crippen LogP contribution in [0.1, 0.15) is 27.7 Å². The highest BCUT2D eigenvalue weighted by atomic mass is 16.6. The minimum atomic E-state index is -0.482. The van der Waals surface area contributed by atoms with Crippen LogP contribution in [0.3, 0.4) is 0 Å². The van der Waals surface area contributed by atoms with E-state index in [1.165, 1.54) is 6.07 Å². The fraction of sp³-hybridized carbons (Fsp3) is 0.167. The van der Waals surface area contributed by atoms with Gasteiger partial charge in [-0.15, -0.1) is 6.58 Å². The molecule has 1 heterocycles. The summed E-state index contributed by atoms with van der Waals surface area (Å²) in [7, 11) is 0. The lowest BCUT2D eigenvalue weighted by Gasteiger charge is -2.37. The Labute approximate surface area is 139 Å². The maximum atomic E-state index is 12.8. The number of carbonyl (C=O) groups excluding carboxylic acids is 1. The number of amides is 1. The fourth-order valence-corrected chi connectivity index (χ4v) is 2.88. The van der Waals surface area contributed by atoms with Crippen molar-refractivity contribution in [3.63, 3.8) is 0 Å². The maximum Gasteiger partial charge on any atom is 0.272 e. The first-order chi connectivity index (χ1) is 11.5. The van der Waals surface area contributed by atoms with Gasteiger partial charge in [-0.1, -0.05) is 30.3 Å². The van der Waals surface area contributed by atoms with E-state index in [0.29, 0.717) is 23.2 Å². The first kappa shape index (κ1) is 15.7. The number of nitro groups is 1. The number of para-hydroxylation sites is 1. The highest BCUT2D eigenvalue weighted by Crippen LogP contribution is 2.34. The third kappa shape index (κ3) is 2.62. The first-order valence-electron chi connectivity index (χ1n) is 7.55. The highest BCUT2D eigenvalue weighted by Gasteiger charge is 2.32. The van der Waals surface area contributed by atoms with E-state index < -0.39 is 11.1 Å². The molecule has 0 saturated carbocycles. The average molecular weight is 323 g/mol. The molecule has 2 aromatic carbocycles. The summed E-state index contributed by atoms with van der Waals surface area (Å²) >= 11 is 0. The van der Waals surface area contributed by atoms with E-state index in [1.54, 1.807) is 36.1 Å². The minimum absolute atomic E-state index is 0.0409. The predicted octanol–water partition coefficient (Wildman–Crippen LogP) is 3.66. The van der Waals surface area contributed by atoms with Crippen LogP contribution < -0.4 is 5.32 Å². The minimum Gasteiger partial charge on any atom is -0.361 e. The quantitative estimate of drug-likeness (QED) is 0.529. The molecule has 3 rings (SSSR count). The van der Waals surface area contributed by atoms with Crippen molar-refractivity contribution in [2.45, 2.75) is 13.1 Å². The van der Waals surface area contributed by atoms with Gasteiger partial charge in [0.15, 0.2) is 0 Å². The molecule has 0 aliphatic carbocycles. The van der Waals surface area contributed by atoms with Crippen molar-refractivity contribution in [2.75, 3.05) is 11.9 Å². The van der Waals surface area contributed by atoms with Crippen LogP contribution in [0.2, 0.25) is 0 Å². The second kappa shape index (κ2) is 6.16. The molecule has 24 heavy (non-hydrogen) atoms. The van der Waals surface area contributed by atoms with Crippen molar-refractivity contribution in [3.8, 4) is 0 Å². The van der Waals surface area contributed by atoms with Gasteiger partial charge in [0.2, 0.25) is 0 Å². The number of rotatable bonds is 4. The molecular formula is C18H17N3O3. The molecule has 0 spiro atoms. The number of aryl methyl sites for hydroxylation is 1. The molecule has 1 amide bonds. The monoisotopic (exact) mass is 323 g/mol. The van der Waals surface area contributed by atoms with Gasteiger partial charge >= 0.3 is 0 Å². The molecule has 1 N–H and O–H groups in total. The van der Waals surface area contributed by atoms with Gasteiger partial charge in [0.25, 0.3) is 11.6 Å². The molecule has 1 atom stereocenters. The zero-order chi connectivity index (χ0) is 17.3. The summed E-state index contributed by atoms with van der Waals surface area (Å²) in [6.45, 7) is 5.74. The maximum absolute atomic E-state index is 12.8. The fourth-order valence-electron chi connectivity index (χ4n) is 2.88. The van der Waals surface area contributed by atoms with E-state index in [1.807, 2.05) is 18.2 Å². The van der Waals surface area contributed by atoms with E-state index in [-0.39, 0.29) is 11.6 Å². The molecule has 6 nitrogen and oxygen atoms in total. The van der Waals surface area contributed by atoms with E-state index in [0.717, 1.165) is 5.69 Å². The van der Waals surface area contributed by atoms with Crippen molar-refractivity contribution < 1.29 is 9.72 Å². The number of anilines is 1. The lowest BCUT2D eigenvalue weighted by molar-refractivity contribution is -0.385. The van der Waals surface area contributed by atoms with Crippen molar-refractivity contribution in [2.24, 2.45) is 0 Å². The summed E-state index contributed by atoms with van der Waals surface area (Å²) in [5.41, 5.74) is 2.59. The van der Waals surface area contributed by atoms with Gasteiger partial charge in [-0.3, -0.25) is 14.9 Å². The molecule has 122 valence electrons. The largest absolute Gasteiger partial charge is 0.361 e. The number of carbonyl (C=O) groups is 1. The van der Waals surface area contributed by atoms with Crippen molar-refractivity contribution in [1.29, 1.82) is 0 Å². The third-order valence-electron chi connectivity index (χ3n) is 4.09. The third-order valence-corrected chi connectivity index (χ3v) is 4.09. The normalized spacial score (nSPS) is 16.3. The van der Waals surface area contributed by atoms with Crippen molar-refractivity contribution >= 4 is 17.3 Å². The summed E-state index contributed by atoms with van der Waals surface area (Å²) in [5.74, 6) is -0.127. The Morgan fingerprint density at radius 2 is 2.08 bits per heavy atom. The lowest BCUT2D eigenvalue weighted by atomic mass is 10.0. The van der Waals surface area contributed by atoms with Crippen LogP contribution >= 0.6 is 0 Å². The summed E-state index contributed by atoms with van der Waals surface area (Å²) in [5, 5.41) is 14.5. The summed E-state index contributed by atoms with van der Waals surface area (Å²) in [4.78, 5) is 25.2. The van der Waals surface area contributed by atoms with Crippen LogP contribution in [0.5, 0.6) is 0 Å². The van der Waals surface area contributed by atoms with Gasteiger partial charge in [0.1, 0.15) is 6.17 Å². The van der Waals surface area contributed by atoms with Gasteiger partial charge in [0, 0.05) is 29.4 Å². The summed E-state index contributed by atoms with van der Waals surface area (Å²) in [6, 6.07) is 12.3. The SMILES string of the molecule is C=CCN1C(=O)c2ccccc2N[C@@H]1c1ccc(C)c([N+](=O)[O-])c1. The Bertz CT molecular complexity index is 832. The Morgan fingerprint density at radius 3 is 2.79 bits per heavy atom. The van der Waals surface area contributed by atoms with Crippen LogP contribution in [0, 0.1) is 17.0 Å². The molecule has 1 aliphatic heterocycles. The molecule has 2 aromatic rings. The number of nitro benzene ring substituents is 1. The van der Waals surface area contributed by atoms with Crippen LogP contribution in [0.25, 0.3) is 0 Å². The smallest absolute Gasteiger partial charge is 0.272 e. The van der Waals surface area contributed by atoms with Gasteiger partial charge in [-0.2, -0.15) is 0 Å². The number of nitrogens with one attached hydrogen (secondary N) is 1. The average Bonchev–Trinajstić information content (AvgIpc) is 2.57. The number of fused-ring (bicyclic) bond motifs is 1. The Hall–Kier alpha value is -3.15. The summed E-state index contributed by atoms with van der Waals surface area (Å²) < 4.78 is 0. The van der Waals surface area contributed by atoms with Crippen molar-refractivity contribution in [3.05, 3.63) is 81.9 Å². The molecule has 6 heteroatoms. The molecular weight excluding hydrogens is 306 g/mol. The van der Waals surface area contributed by atoms with E-state index in [9.17, 15) is 14.9 Å². The topological polar surface area (TPSA) is 75.5 Å². The standard InChI is InChI=1S/C18H17N3O3/c1-3-10-20-17(13-9-8-12(2)16(11-13)21(23)24)19-15-7-5-4-6-14(15)18(20)22/h3-9,11,17,19H,1,10H2,2H3/t17-/m0/s1. The number of nitrogens with zero attached hydrogens (tertiary/aromatic N) is 2. The zero-order valence-corrected chi connectivity index (χ0v) is 13.2. The van der Waals surface area contributed by atoms with Gasteiger partial charge < -0.3 is 10.2 Å². The second-order valence-electron chi connectivity index (χ2n) is 5.64. The Kier molecular flexibility index (Phi) is 4.04. The second-order valence-corrected chi connectivity index (χ2v) is 5.64. The molecule has 0 aromatic heterocycles. The van der Waals surface area contributed by atoms with Crippen LogP contribution in [-0.2, 0) is 0 Å². The number of benzene rings is 2. The van der Waals surface area contributed by atoms with Crippen LogP contribution in [0.15, 0.2) is 55.1 Å². The Balaban J connectivity index is 2.09. The lowest BCUT2D eigenvalue weighted by Crippen LogP contribution is -2.43. The molecule has 1 aliphatic rings. The van der Waals surface area contributed by atoms with Crippen molar-refractivity contribution in [1.82, 2.24) is 4.90 Å². The number of hydrogen-bond donors (Lipinski definition) is 1. The predicted molar refractivity (Wildman–Crippen MR) is 91.9 cm³/mol. The van der Waals surface area contributed by atoms with E-state index in [4.69, 9.17) is 0 Å². The zero-order valence-electron chi connectivity index (χ0n) is 13.2. The van der Waals surface area contributed by atoms with Crippen LogP contribution in [0.4, 0.5) is 11.4 Å². The van der Waals surface area contributed by atoms with Crippen LogP contribution in [-0.4, -0.2) is 22.3 Å². The number of hydrogen-bond acceptors (Lipinski definition) is 4. The first-order valence-corrected chi connectivity index (χ1v) is 7.55. The highest BCUT2D eigenvalue weighted by molar-refractivity contribution is 6.01. The van der Waals surface area contributed by atoms with Gasteiger partial charge in [-0.25, -0.2) is 0 Å². The van der Waals surface area contributed by atoms with Gasteiger partial charge in [0.05, 0.1) is 10.5 Å². The molecule has 0 fully saturated rings. The van der Waals surface area contributed by atoms with E-state index in [2.05, 4.69) is 11.9 Å². The molecule has 0 radical (unpaired) electrons. The molecule has 0 bridgehead atoms. The van der Waals surface area contributed by atoms with E-state index >= 15 is 0 Å². The van der Waals surface area contributed by atoms with Gasteiger partial charge in [-0.05, 0) is 19.1 Å². The molecule has 0 saturated heterocycles. The Morgan fingerprint density at radius 1 is 1.33 bits per heavy atom. The molecule has 0 unspecified atom stereocenters. The summed E-state index contributed by atoms with van der Waals surface area (Å²) in [6.07, 6.45) is 1.16.